The van der Waals surface area contributed by atoms with Gasteiger partial charge in [0.25, 0.3) is 6.43 Å². The smallest absolute Gasteiger partial charge is 0.264 e. The molecule has 0 aliphatic heterocycles. The first-order valence-electron chi connectivity index (χ1n) is 6.44. The Morgan fingerprint density at radius 2 is 1.95 bits per heavy atom. The SMILES string of the molecule is C=Cc1cccc(CON=Cc2ccccc2C(F)F)c1. The van der Waals surface area contributed by atoms with Crippen molar-refractivity contribution in [2.75, 3.05) is 0 Å². The normalized spacial score (nSPS) is 11.0. The summed E-state index contributed by atoms with van der Waals surface area (Å²) in [6.45, 7) is 3.97. The van der Waals surface area contributed by atoms with Crippen molar-refractivity contribution in [3.8, 4) is 0 Å². The Balaban J connectivity index is 1.98. The summed E-state index contributed by atoms with van der Waals surface area (Å²) >= 11 is 0. The van der Waals surface area contributed by atoms with Gasteiger partial charge in [-0.05, 0) is 17.2 Å². The van der Waals surface area contributed by atoms with Gasteiger partial charge in [0.05, 0.1) is 6.21 Å². The zero-order valence-electron chi connectivity index (χ0n) is 11.4. The molecular formula is C17H15F2NO. The van der Waals surface area contributed by atoms with Crippen LogP contribution in [0.5, 0.6) is 0 Å². The zero-order chi connectivity index (χ0) is 15.1. The number of oxime groups is 1. The van der Waals surface area contributed by atoms with E-state index in [-0.39, 0.29) is 12.2 Å². The van der Waals surface area contributed by atoms with Crippen LogP contribution in [0.4, 0.5) is 8.78 Å². The lowest BCUT2D eigenvalue weighted by atomic mass is 10.1. The molecule has 0 atom stereocenters. The molecule has 21 heavy (non-hydrogen) atoms. The zero-order valence-corrected chi connectivity index (χ0v) is 11.4. The summed E-state index contributed by atoms with van der Waals surface area (Å²) in [5, 5.41) is 3.75. The van der Waals surface area contributed by atoms with E-state index >= 15 is 0 Å². The maximum absolute atomic E-state index is 12.8. The van der Waals surface area contributed by atoms with E-state index in [2.05, 4.69) is 11.7 Å². The summed E-state index contributed by atoms with van der Waals surface area (Å²) in [7, 11) is 0. The Kier molecular flexibility index (Phi) is 5.21. The molecule has 2 aromatic carbocycles. The highest BCUT2D eigenvalue weighted by atomic mass is 19.3. The topological polar surface area (TPSA) is 21.6 Å². The first kappa shape index (κ1) is 14.9. The molecule has 0 amide bonds. The summed E-state index contributed by atoms with van der Waals surface area (Å²) in [4.78, 5) is 5.15. The van der Waals surface area contributed by atoms with Crippen LogP contribution >= 0.6 is 0 Å². The van der Waals surface area contributed by atoms with Crippen LogP contribution in [0.1, 0.15) is 28.7 Å². The summed E-state index contributed by atoms with van der Waals surface area (Å²) in [5.74, 6) is 0. The molecule has 2 nitrogen and oxygen atoms in total. The summed E-state index contributed by atoms with van der Waals surface area (Å²) in [5.41, 5.74) is 2.22. The second-order valence-corrected chi connectivity index (χ2v) is 4.39. The number of hydrogen-bond donors (Lipinski definition) is 0. The molecule has 0 bridgehead atoms. The first-order chi connectivity index (χ1) is 10.2. The molecule has 0 saturated carbocycles. The van der Waals surface area contributed by atoms with E-state index in [0.29, 0.717) is 5.56 Å². The summed E-state index contributed by atoms with van der Waals surface area (Å²) in [6, 6.07) is 13.9. The molecule has 0 aliphatic carbocycles. The van der Waals surface area contributed by atoms with Crippen molar-refractivity contribution < 1.29 is 13.6 Å². The van der Waals surface area contributed by atoms with E-state index in [1.54, 1.807) is 24.3 Å². The van der Waals surface area contributed by atoms with Gasteiger partial charge in [-0.25, -0.2) is 8.78 Å². The maximum atomic E-state index is 12.8. The summed E-state index contributed by atoms with van der Waals surface area (Å²) < 4.78 is 25.5. The van der Waals surface area contributed by atoms with Gasteiger partial charge in [0.2, 0.25) is 0 Å². The molecule has 2 aromatic rings. The van der Waals surface area contributed by atoms with Crippen LogP contribution in [0.3, 0.4) is 0 Å². The highest BCUT2D eigenvalue weighted by Gasteiger charge is 2.10. The second-order valence-electron chi connectivity index (χ2n) is 4.39. The Labute approximate surface area is 122 Å². The second kappa shape index (κ2) is 7.33. The standard InChI is InChI=1S/C17H15F2NO/c1-2-13-6-5-7-14(10-13)12-21-20-11-15-8-3-4-9-16(15)17(18)19/h2-11,17H,1,12H2. The molecule has 2 rings (SSSR count). The van der Waals surface area contributed by atoms with Crippen LogP contribution in [0, 0.1) is 0 Å². The number of nitrogens with zero attached hydrogens (tertiary/aromatic N) is 1. The van der Waals surface area contributed by atoms with Crippen molar-refractivity contribution in [2.45, 2.75) is 13.0 Å². The molecule has 0 N–H and O–H groups in total. The molecule has 0 saturated heterocycles. The molecule has 4 heteroatoms. The number of benzene rings is 2. The van der Waals surface area contributed by atoms with Gasteiger partial charge < -0.3 is 4.84 Å². The number of alkyl halides is 2. The van der Waals surface area contributed by atoms with Gasteiger partial charge in [-0.15, -0.1) is 0 Å². The van der Waals surface area contributed by atoms with Crippen LogP contribution < -0.4 is 0 Å². The van der Waals surface area contributed by atoms with Gasteiger partial charge in [-0.1, -0.05) is 60.3 Å². The highest BCUT2D eigenvalue weighted by Crippen LogP contribution is 2.21. The third kappa shape index (κ3) is 4.24. The highest BCUT2D eigenvalue weighted by molar-refractivity contribution is 5.81. The third-order valence-electron chi connectivity index (χ3n) is 2.92. The third-order valence-corrected chi connectivity index (χ3v) is 2.92. The van der Waals surface area contributed by atoms with Gasteiger partial charge >= 0.3 is 0 Å². The molecular weight excluding hydrogens is 272 g/mol. The van der Waals surface area contributed by atoms with Gasteiger partial charge in [-0.3, -0.25) is 0 Å². The van der Waals surface area contributed by atoms with Crippen LogP contribution in [-0.2, 0) is 11.4 Å². The minimum Gasteiger partial charge on any atom is -0.391 e. The molecule has 0 aliphatic rings. The van der Waals surface area contributed by atoms with Gasteiger partial charge in [0.15, 0.2) is 0 Å². The van der Waals surface area contributed by atoms with Gasteiger partial charge in [-0.2, -0.15) is 0 Å². The van der Waals surface area contributed by atoms with E-state index < -0.39 is 6.43 Å². The van der Waals surface area contributed by atoms with Crippen molar-refractivity contribution >= 4 is 12.3 Å². The van der Waals surface area contributed by atoms with Crippen molar-refractivity contribution in [3.63, 3.8) is 0 Å². The lowest BCUT2D eigenvalue weighted by molar-refractivity contribution is 0.132. The van der Waals surface area contributed by atoms with Crippen molar-refractivity contribution in [1.82, 2.24) is 0 Å². The predicted molar refractivity (Wildman–Crippen MR) is 80.3 cm³/mol. The number of rotatable bonds is 6. The fourth-order valence-corrected chi connectivity index (χ4v) is 1.84. The van der Waals surface area contributed by atoms with E-state index in [4.69, 9.17) is 4.84 Å². The van der Waals surface area contributed by atoms with Gasteiger partial charge in [0.1, 0.15) is 6.61 Å². The quantitative estimate of drug-likeness (QED) is 0.551. The van der Waals surface area contributed by atoms with E-state index in [1.165, 1.54) is 12.3 Å². The number of hydrogen-bond acceptors (Lipinski definition) is 2. The van der Waals surface area contributed by atoms with Crippen molar-refractivity contribution in [2.24, 2.45) is 5.16 Å². The largest absolute Gasteiger partial charge is 0.391 e. The van der Waals surface area contributed by atoms with Crippen molar-refractivity contribution in [3.05, 3.63) is 77.4 Å². The molecule has 0 fully saturated rings. The average Bonchev–Trinajstić information content (AvgIpc) is 2.52. The minimum absolute atomic E-state index is 0.0569. The Morgan fingerprint density at radius 3 is 2.71 bits per heavy atom. The van der Waals surface area contributed by atoms with Crippen LogP contribution in [0.2, 0.25) is 0 Å². The molecule has 0 heterocycles. The molecule has 0 unspecified atom stereocenters. The van der Waals surface area contributed by atoms with E-state index in [9.17, 15) is 8.78 Å². The fraction of sp³-hybridized carbons (Fsp3) is 0.118. The number of halogens is 2. The Bertz CT molecular complexity index is 638. The Hall–Kier alpha value is -2.49. The van der Waals surface area contributed by atoms with E-state index in [1.807, 2.05) is 24.3 Å². The fourth-order valence-electron chi connectivity index (χ4n) is 1.84. The Morgan fingerprint density at radius 1 is 1.14 bits per heavy atom. The minimum atomic E-state index is -2.53. The molecule has 0 aromatic heterocycles. The summed E-state index contributed by atoms with van der Waals surface area (Å²) in [6.07, 6.45) is 0.516. The van der Waals surface area contributed by atoms with Crippen LogP contribution in [0.15, 0.2) is 60.3 Å². The average molecular weight is 287 g/mol. The van der Waals surface area contributed by atoms with Crippen molar-refractivity contribution in [1.29, 1.82) is 0 Å². The van der Waals surface area contributed by atoms with Crippen LogP contribution in [0.25, 0.3) is 6.08 Å². The molecule has 108 valence electrons. The first-order valence-corrected chi connectivity index (χ1v) is 6.44. The molecule has 0 radical (unpaired) electrons. The molecule has 0 spiro atoms. The van der Waals surface area contributed by atoms with E-state index in [0.717, 1.165) is 11.1 Å². The lowest BCUT2D eigenvalue weighted by Crippen LogP contribution is -1.94. The van der Waals surface area contributed by atoms with Crippen LogP contribution in [-0.4, -0.2) is 6.21 Å². The predicted octanol–water partition coefficient (Wildman–Crippen LogP) is 4.82. The maximum Gasteiger partial charge on any atom is 0.264 e. The van der Waals surface area contributed by atoms with Gasteiger partial charge in [0, 0.05) is 11.1 Å². The monoisotopic (exact) mass is 287 g/mol. The lowest BCUT2D eigenvalue weighted by Gasteiger charge is -2.04.